The zero-order chi connectivity index (χ0) is 20.7. The molecule has 0 aliphatic rings. The Morgan fingerprint density at radius 1 is 1.21 bits per heavy atom. The van der Waals surface area contributed by atoms with Crippen molar-refractivity contribution in [2.75, 3.05) is 26.0 Å². The molecule has 2 aromatic rings. The minimum Gasteiger partial charge on any atom is -0.452 e. The summed E-state index contributed by atoms with van der Waals surface area (Å²) in [7, 11) is 3.37. The van der Waals surface area contributed by atoms with Crippen LogP contribution in [0.5, 0.6) is 0 Å². The van der Waals surface area contributed by atoms with Gasteiger partial charge < -0.3 is 10.1 Å². The number of esters is 1. The minimum absolute atomic E-state index is 0.116. The maximum Gasteiger partial charge on any atom is 0.340 e. The molecule has 0 aliphatic heterocycles. The quantitative estimate of drug-likeness (QED) is 0.337. The molecule has 0 radical (unpaired) electrons. The van der Waals surface area contributed by atoms with Gasteiger partial charge in [0.15, 0.2) is 6.61 Å². The Labute approximate surface area is 160 Å². The predicted molar refractivity (Wildman–Crippen MR) is 101 cm³/mol. The van der Waals surface area contributed by atoms with Crippen molar-refractivity contribution in [3.63, 3.8) is 0 Å². The first-order valence-corrected chi connectivity index (χ1v) is 8.18. The van der Waals surface area contributed by atoms with Crippen molar-refractivity contribution in [2.45, 2.75) is 6.92 Å². The lowest BCUT2D eigenvalue weighted by molar-refractivity contribution is -0.385. The van der Waals surface area contributed by atoms with Gasteiger partial charge in [-0.25, -0.2) is 4.79 Å². The Hall–Kier alpha value is -3.82. The SMILES string of the molecule is Cc1ccc(NC(=O)COC(=O)c2ccccc2N=NN(C)C)cc1[N+](=O)[O-]. The van der Waals surface area contributed by atoms with Gasteiger partial charge in [0, 0.05) is 31.4 Å². The highest BCUT2D eigenvalue weighted by molar-refractivity contribution is 5.98. The van der Waals surface area contributed by atoms with Gasteiger partial charge in [0.1, 0.15) is 5.69 Å². The van der Waals surface area contributed by atoms with E-state index < -0.39 is 23.4 Å². The van der Waals surface area contributed by atoms with Crippen LogP contribution < -0.4 is 5.32 Å². The number of carbonyl (C=O) groups excluding carboxylic acids is 2. The number of amides is 1. The van der Waals surface area contributed by atoms with Crippen LogP contribution in [0.3, 0.4) is 0 Å². The van der Waals surface area contributed by atoms with Crippen LogP contribution in [0.2, 0.25) is 0 Å². The average molecular weight is 385 g/mol. The van der Waals surface area contributed by atoms with E-state index in [9.17, 15) is 19.7 Å². The van der Waals surface area contributed by atoms with Crippen LogP contribution in [-0.4, -0.2) is 42.5 Å². The molecule has 0 aliphatic carbocycles. The van der Waals surface area contributed by atoms with Crippen molar-refractivity contribution in [2.24, 2.45) is 10.3 Å². The smallest absolute Gasteiger partial charge is 0.340 e. The van der Waals surface area contributed by atoms with Gasteiger partial charge in [-0.1, -0.05) is 23.4 Å². The van der Waals surface area contributed by atoms with E-state index in [-0.39, 0.29) is 16.9 Å². The molecule has 0 atom stereocenters. The van der Waals surface area contributed by atoms with Crippen molar-refractivity contribution in [1.29, 1.82) is 0 Å². The fourth-order valence-corrected chi connectivity index (χ4v) is 2.16. The molecule has 0 fully saturated rings. The van der Waals surface area contributed by atoms with E-state index in [4.69, 9.17) is 4.74 Å². The van der Waals surface area contributed by atoms with Gasteiger partial charge in [-0.3, -0.25) is 19.9 Å². The highest BCUT2D eigenvalue weighted by Crippen LogP contribution is 2.22. The number of nitrogens with one attached hydrogen (secondary N) is 1. The third-order valence-corrected chi connectivity index (χ3v) is 3.48. The van der Waals surface area contributed by atoms with E-state index in [1.165, 1.54) is 29.3 Å². The summed E-state index contributed by atoms with van der Waals surface area (Å²) < 4.78 is 5.01. The number of ether oxygens (including phenoxy) is 1. The first-order chi connectivity index (χ1) is 13.3. The van der Waals surface area contributed by atoms with E-state index in [1.807, 2.05) is 0 Å². The Morgan fingerprint density at radius 2 is 1.93 bits per heavy atom. The Bertz CT molecular complexity index is 926. The molecule has 10 nitrogen and oxygen atoms in total. The summed E-state index contributed by atoms with van der Waals surface area (Å²) in [6.45, 7) is 1.04. The fourth-order valence-electron chi connectivity index (χ4n) is 2.16. The number of anilines is 1. The third-order valence-electron chi connectivity index (χ3n) is 3.48. The Kier molecular flexibility index (Phi) is 6.74. The van der Waals surface area contributed by atoms with Crippen molar-refractivity contribution >= 4 is 28.9 Å². The van der Waals surface area contributed by atoms with Crippen LogP contribution in [0.25, 0.3) is 0 Å². The normalized spacial score (nSPS) is 10.5. The van der Waals surface area contributed by atoms with Crippen molar-refractivity contribution < 1.29 is 19.2 Å². The number of hydrogen-bond donors (Lipinski definition) is 1. The van der Waals surface area contributed by atoms with Gasteiger partial charge in [-0.15, -0.1) is 5.11 Å². The minimum atomic E-state index is -0.738. The molecule has 146 valence electrons. The van der Waals surface area contributed by atoms with E-state index in [0.29, 0.717) is 11.3 Å². The molecule has 0 aromatic heterocycles. The topological polar surface area (TPSA) is 126 Å². The van der Waals surface area contributed by atoms with Crippen LogP contribution in [-0.2, 0) is 9.53 Å². The number of hydrogen-bond acceptors (Lipinski definition) is 7. The highest BCUT2D eigenvalue weighted by atomic mass is 16.6. The van der Waals surface area contributed by atoms with E-state index >= 15 is 0 Å². The second kappa shape index (κ2) is 9.21. The largest absolute Gasteiger partial charge is 0.452 e. The van der Waals surface area contributed by atoms with E-state index in [1.54, 1.807) is 39.2 Å². The summed E-state index contributed by atoms with van der Waals surface area (Å²) in [6, 6.07) is 10.7. The van der Waals surface area contributed by atoms with Crippen molar-refractivity contribution in [3.8, 4) is 0 Å². The molecule has 0 unspecified atom stereocenters. The molecule has 1 N–H and O–H groups in total. The molecule has 2 aromatic carbocycles. The average Bonchev–Trinajstić information content (AvgIpc) is 2.66. The lowest BCUT2D eigenvalue weighted by atomic mass is 10.2. The van der Waals surface area contributed by atoms with Gasteiger partial charge in [0.2, 0.25) is 0 Å². The number of carbonyl (C=O) groups is 2. The Balaban J connectivity index is 2.01. The maximum atomic E-state index is 12.2. The number of benzene rings is 2. The summed E-state index contributed by atoms with van der Waals surface area (Å²) in [6.07, 6.45) is 0. The van der Waals surface area contributed by atoms with Gasteiger partial charge in [-0.2, -0.15) is 0 Å². The molecular weight excluding hydrogens is 366 g/mol. The monoisotopic (exact) mass is 385 g/mol. The van der Waals surface area contributed by atoms with Gasteiger partial charge in [0.05, 0.1) is 10.5 Å². The predicted octanol–water partition coefficient (Wildman–Crippen LogP) is 3.26. The first-order valence-electron chi connectivity index (χ1n) is 8.18. The van der Waals surface area contributed by atoms with Crippen molar-refractivity contribution in [3.05, 3.63) is 63.7 Å². The molecule has 1 amide bonds. The van der Waals surface area contributed by atoms with E-state index in [2.05, 4.69) is 15.7 Å². The molecule has 10 heteroatoms. The molecule has 28 heavy (non-hydrogen) atoms. The van der Waals surface area contributed by atoms with Gasteiger partial charge in [0.25, 0.3) is 11.6 Å². The van der Waals surface area contributed by atoms with Crippen LogP contribution in [0, 0.1) is 17.0 Å². The van der Waals surface area contributed by atoms with Gasteiger partial charge >= 0.3 is 5.97 Å². The van der Waals surface area contributed by atoms with Crippen LogP contribution in [0.4, 0.5) is 17.1 Å². The lowest BCUT2D eigenvalue weighted by Gasteiger charge is -2.08. The van der Waals surface area contributed by atoms with Crippen LogP contribution >= 0.6 is 0 Å². The second-order valence-corrected chi connectivity index (χ2v) is 5.94. The number of nitro groups is 1. The summed E-state index contributed by atoms with van der Waals surface area (Å²) in [4.78, 5) is 34.7. The van der Waals surface area contributed by atoms with E-state index in [0.717, 1.165) is 0 Å². The molecular formula is C18H19N5O5. The maximum absolute atomic E-state index is 12.2. The number of aryl methyl sites for hydroxylation is 1. The first kappa shape index (κ1) is 20.5. The van der Waals surface area contributed by atoms with Crippen LogP contribution in [0.15, 0.2) is 52.8 Å². The molecule has 0 spiro atoms. The zero-order valence-electron chi connectivity index (χ0n) is 15.6. The number of rotatable bonds is 7. The van der Waals surface area contributed by atoms with Crippen molar-refractivity contribution in [1.82, 2.24) is 5.01 Å². The highest BCUT2D eigenvalue weighted by Gasteiger charge is 2.16. The number of nitro benzene ring substituents is 1. The summed E-state index contributed by atoms with van der Waals surface area (Å²) in [5, 5.41) is 22.7. The summed E-state index contributed by atoms with van der Waals surface area (Å²) in [5.41, 5.74) is 1.05. The summed E-state index contributed by atoms with van der Waals surface area (Å²) >= 11 is 0. The lowest BCUT2D eigenvalue weighted by Crippen LogP contribution is -2.21. The fraction of sp³-hybridized carbons (Fsp3) is 0.222. The molecule has 0 saturated heterocycles. The zero-order valence-corrected chi connectivity index (χ0v) is 15.6. The second-order valence-electron chi connectivity index (χ2n) is 5.94. The van der Waals surface area contributed by atoms with Crippen LogP contribution in [0.1, 0.15) is 15.9 Å². The molecule has 2 rings (SSSR count). The molecule has 0 heterocycles. The standard InChI is InChI=1S/C18H19N5O5/c1-12-8-9-13(10-16(12)23(26)27)19-17(24)11-28-18(25)14-6-4-5-7-15(14)20-21-22(2)3/h4-10H,11H2,1-3H3,(H,19,24). The molecule has 0 bridgehead atoms. The third kappa shape index (κ3) is 5.59. The number of nitrogens with zero attached hydrogens (tertiary/aromatic N) is 4. The summed E-state index contributed by atoms with van der Waals surface area (Å²) in [5.74, 6) is -1.36. The Morgan fingerprint density at radius 3 is 2.61 bits per heavy atom. The molecule has 0 saturated carbocycles. The van der Waals surface area contributed by atoms with Gasteiger partial charge in [-0.05, 0) is 25.1 Å².